The molecule has 0 amide bonds. The number of aromatic amines is 1. The summed E-state index contributed by atoms with van der Waals surface area (Å²) in [5, 5.41) is 12.7. The van der Waals surface area contributed by atoms with Crippen LogP contribution >= 0.6 is 0 Å². The predicted octanol–water partition coefficient (Wildman–Crippen LogP) is 1.84. The molecule has 7 nitrogen and oxygen atoms in total. The Kier molecular flexibility index (Phi) is 4.24. The van der Waals surface area contributed by atoms with Crippen molar-refractivity contribution in [3.05, 3.63) is 42.2 Å². The fraction of sp³-hybridized carbons (Fsp3) is 0.353. The van der Waals surface area contributed by atoms with Crippen molar-refractivity contribution < 1.29 is 4.74 Å². The first-order valence-electron chi connectivity index (χ1n) is 8.21. The lowest BCUT2D eigenvalue weighted by atomic mass is 10.1. The highest BCUT2D eigenvalue weighted by Gasteiger charge is 2.13. The summed E-state index contributed by atoms with van der Waals surface area (Å²) >= 11 is 0. The highest BCUT2D eigenvalue weighted by atomic mass is 16.5. The molecule has 1 saturated heterocycles. The molecule has 2 N–H and O–H groups in total. The van der Waals surface area contributed by atoms with Crippen molar-refractivity contribution in [2.45, 2.75) is 6.42 Å². The van der Waals surface area contributed by atoms with E-state index >= 15 is 0 Å². The first kappa shape index (κ1) is 14.9. The lowest BCUT2D eigenvalue weighted by Gasteiger charge is -2.27. The molecule has 0 unspecified atom stereocenters. The van der Waals surface area contributed by atoms with E-state index in [1.54, 1.807) is 6.20 Å². The Morgan fingerprint density at radius 1 is 1.21 bits per heavy atom. The van der Waals surface area contributed by atoms with E-state index in [-0.39, 0.29) is 0 Å². The van der Waals surface area contributed by atoms with Gasteiger partial charge in [0.25, 0.3) is 0 Å². The van der Waals surface area contributed by atoms with Crippen molar-refractivity contribution in [1.29, 1.82) is 0 Å². The molecular formula is C17H20N6O. The highest BCUT2D eigenvalue weighted by molar-refractivity contribution is 5.83. The molecule has 2 aromatic heterocycles. The Morgan fingerprint density at radius 2 is 2.08 bits per heavy atom. The van der Waals surface area contributed by atoms with Gasteiger partial charge in [-0.05, 0) is 18.1 Å². The molecule has 4 rings (SSSR count). The maximum Gasteiger partial charge on any atom is 0.244 e. The minimum atomic E-state index is 0.568. The largest absolute Gasteiger partial charge is 0.378 e. The van der Waals surface area contributed by atoms with Crippen LogP contribution in [0.3, 0.4) is 0 Å². The number of rotatable bonds is 5. The van der Waals surface area contributed by atoms with Crippen molar-refractivity contribution in [2.75, 3.05) is 43.1 Å². The summed E-state index contributed by atoms with van der Waals surface area (Å²) < 4.78 is 5.37. The zero-order chi connectivity index (χ0) is 16.2. The third-order valence-corrected chi connectivity index (χ3v) is 4.23. The van der Waals surface area contributed by atoms with Gasteiger partial charge in [-0.25, -0.2) is 0 Å². The van der Waals surface area contributed by atoms with E-state index in [0.29, 0.717) is 5.95 Å². The number of para-hydroxylation sites is 1. The number of ether oxygens (including phenoxy) is 1. The number of morpholine rings is 1. The van der Waals surface area contributed by atoms with Crippen LogP contribution in [-0.4, -0.2) is 53.0 Å². The van der Waals surface area contributed by atoms with E-state index in [1.807, 2.05) is 6.07 Å². The smallest absolute Gasteiger partial charge is 0.244 e. The summed E-state index contributed by atoms with van der Waals surface area (Å²) in [5.74, 6) is 1.42. The second kappa shape index (κ2) is 6.84. The van der Waals surface area contributed by atoms with Gasteiger partial charge in [0.15, 0.2) is 5.82 Å². The van der Waals surface area contributed by atoms with E-state index in [4.69, 9.17) is 4.74 Å². The van der Waals surface area contributed by atoms with Crippen molar-refractivity contribution in [2.24, 2.45) is 0 Å². The summed E-state index contributed by atoms with van der Waals surface area (Å²) in [6.45, 7) is 3.90. The number of anilines is 2. The first-order valence-corrected chi connectivity index (χ1v) is 8.21. The van der Waals surface area contributed by atoms with E-state index in [0.717, 1.165) is 45.1 Å². The van der Waals surface area contributed by atoms with Crippen LogP contribution in [0.2, 0.25) is 0 Å². The molecule has 0 spiro atoms. The number of aromatic nitrogens is 4. The van der Waals surface area contributed by atoms with Crippen LogP contribution in [0.5, 0.6) is 0 Å². The lowest BCUT2D eigenvalue weighted by Crippen LogP contribution is -2.37. The standard InChI is InChI=1S/C17H20N6O/c1-2-4-15-14(3-1)13(11-19-15)5-6-18-17-21-16(12-20-22-17)23-7-9-24-10-8-23/h1-4,11-12,19H,5-10H2,(H,18,21,22). The van der Waals surface area contributed by atoms with Crippen LogP contribution in [0.4, 0.5) is 11.8 Å². The molecule has 0 saturated carbocycles. The quantitative estimate of drug-likeness (QED) is 0.745. The van der Waals surface area contributed by atoms with Gasteiger partial charge in [0, 0.05) is 36.7 Å². The SMILES string of the molecule is c1ccc2c(CCNc3nncc(N4CCOCC4)n3)c[nH]c2c1. The lowest BCUT2D eigenvalue weighted by molar-refractivity contribution is 0.122. The van der Waals surface area contributed by atoms with Gasteiger partial charge in [0.1, 0.15) is 0 Å². The molecule has 1 aromatic carbocycles. The Bertz CT molecular complexity index is 811. The summed E-state index contributed by atoms with van der Waals surface area (Å²) in [7, 11) is 0. The fourth-order valence-corrected chi connectivity index (χ4v) is 2.96. The van der Waals surface area contributed by atoms with Crippen LogP contribution in [0.15, 0.2) is 36.7 Å². The van der Waals surface area contributed by atoms with E-state index in [2.05, 4.69) is 54.8 Å². The zero-order valence-corrected chi connectivity index (χ0v) is 13.4. The molecule has 1 fully saturated rings. The minimum Gasteiger partial charge on any atom is -0.378 e. The van der Waals surface area contributed by atoms with E-state index < -0.39 is 0 Å². The van der Waals surface area contributed by atoms with Crippen LogP contribution in [0, 0.1) is 0 Å². The molecule has 3 aromatic rings. The molecule has 3 heterocycles. The van der Waals surface area contributed by atoms with Gasteiger partial charge in [0.2, 0.25) is 5.95 Å². The van der Waals surface area contributed by atoms with Gasteiger partial charge in [-0.15, -0.1) is 5.10 Å². The molecule has 0 radical (unpaired) electrons. The molecule has 24 heavy (non-hydrogen) atoms. The second-order valence-electron chi connectivity index (χ2n) is 5.77. The van der Waals surface area contributed by atoms with Crippen LogP contribution in [0.1, 0.15) is 5.56 Å². The number of nitrogens with one attached hydrogen (secondary N) is 2. The molecule has 124 valence electrons. The van der Waals surface area contributed by atoms with Crippen LogP contribution in [-0.2, 0) is 11.2 Å². The van der Waals surface area contributed by atoms with Crippen LogP contribution < -0.4 is 10.2 Å². The maximum atomic E-state index is 5.37. The summed E-state index contributed by atoms with van der Waals surface area (Å²) in [5.41, 5.74) is 2.45. The number of hydrogen-bond acceptors (Lipinski definition) is 6. The van der Waals surface area contributed by atoms with Gasteiger partial charge >= 0.3 is 0 Å². The molecule has 0 atom stereocenters. The van der Waals surface area contributed by atoms with Crippen molar-refractivity contribution in [3.63, 3.8) is 0 Å². The Balaban J connectivity index is 1.39. The number of H-pyrrole nitrogens is 1. The van der Waals surface area contributed by atoms with Gasteiger partial charge in [-0.3, -0.25) is 0 Å². The number of benzene rings is 1. The van der Waals surface area contributed by atoms with Crippen molar-refractivity contribution >= 4 is 22.7 Å². The normalized spacial score (nSPS) is 14.9. The molecule has 1 aliphatic rings. The average Bonchev–Trinajstić information content (AvgIpc) is 3.06. The average molecular weight is 324 g/mol. The van der Waals surface area contributed by atoms with Gasteiger partial charge in [-0.1, -0.05) is 18.2 Å². The minimum absolute atomic E-state index is 0.568. The van der Waals surface area contributed by atoms with Gasteiger partial charge in [-0.2, -0.15) is 10.1 Å². The number of hydrogen-bond donors (Lipinski definition) is 2. The first-order chi connectivity index (χ1) is 11.9. The Hall–Kier alpha value is -2.67. The molecule has 1 aliphatic heterocycles. The molecule has 0 aliphatic carbocycles. The Labute approximate surface area is 140 Å². The summed E-state index contributed by atoms with van der Waals surface area (Å²) in [4.78, 5) is 10.0. The third kappa shape index (κ3) is 3.16. The summed E-state index contributed by atoms with van der Waals surface area (Å²) in [6.07, 6.45) is 4.67. The maximum absolute atomic E-state index is 5.37. The monoisotopic (exact) mass is 324 g/mol. The fourth-order valence-electron chi connectivity index (χ4n) is 2.96. The topological polar surface area (TPSA) is 79.0 Å². The van der Waals surface area contributed by atoms with Gasteiger partial charge in [0.05, 0.1) is 19.4 Å². The zero-order valence-electron chi connectivity index (χ0n) is 13.4. The molecule has 7 heteroatoms. The molecular weight excluding hydrogens is 304 g/mol. The predicted molar refractivity (Wildman–Crippen MR) is 93.4 cm³/mol. The van der Waals surface area contributed by atoms with Crippen LogP contribution in [0.25, 0.3) is 10.9 Å². The summed E-state index contributed by atoms with van der Waals surface area (Å²) in [6, 6.07) is 8.33. The number of nitrogens with zero attached hydrogens (tertiary/aromatic N) is 4. The molecule has 0 bridgehead atoms. The Morgan fingerprint density at radius 3 is 3.00 bits per heavy atom. The van der Waals surface area contributed by atoms with Crippen molar-refractivity contribution in [3.8, 4) is 0 Å². The van der Waals surface area contributed by atoms with E-state index in [1.165, 1.54) is 16.5 Å². The third-order valence-electron chi connectivity index (χ3n) is 4.23. The van der Waals surface area contributed by atoms with Gasteiger partial charge < -0.3 is 19.9 Å². The van der Waals surface area contributed by atoms with E-state index in [9.17, 15) is 0 Å². The number of fused-ring (bicyclic) bond motifs is 1. The van der Waals surface area contributed by atoms with Crippen molar-refractivity contribution in [1.82, 2.24) is 20.2 Å². The second-order valence-corrected chi connectivity index (χ2v) is 5.77. The highest BCUT2D eigenvalue weighted by Crippen LogP contribution is 2.18.